The van der Waals surface area contributed by atoms with Crippen LogP contribution in [0.3, 0.4) is 0 Å². The minimum Gasteiger partial charge on any atom is -0.476 e. The SMILES string of the molecule is CC(C)(C)c1ccc(C(=O)NCc2nc(C(=O)O)co2)s1. The van der Waals surface area contributed by atoms with Crippen LogP contribution in [0.2, 0.25) is 0 Å². The van der Waals surface area contributed by atoms with E-state index in [4.69, 9.17) is 9.52 Å². The zero-order valence-electron chi connectivity index (χ0n) is 12.0. The molecular weight excluding hydrogens is 292 g/mol. The molecule has 0 atom stereocenters. The molecule has 0 saturated carbocycles. The highest BCUT2D eigenvalue weighted by molar-refractivity contribution is 7.14. The van der Waals surface area contributed by atoms with Gasteiger partial charge >= 0.3 is 5.97 Å². The van der Waals surface area contributed by atoms with E-state index in [2.05, 4.69) is 31.1 Å². The summed E-state index contributed by atoms with van der Waals surface area (Å²) in [5.74, 6) is -1.23. The van der Waals surface area contributed by atoms with E-state index in [1.54, 1.807) is 6.07 Å². The predicted molar refractivity (Wildman–Crippen MR) is 77.7 cm³/mol. The van der Waals surface area contributed by atoms with Gasteiger partial charge in [0.15, 0.2) is 5.69 Å². The maximum atomic E-state index is 12.0. The summed E-state index contributed by atoms with van der Waals surface area (Å²) >= 11 is 1.44. The third-order valence-electron chi connectivity index (χ3n) is 2.74. The summed E-state index contributed by atoms with van der Waals surface area (Å²) in [6.45, 7) is 6.30. The number of amides is 1. The molecule has 0 aliphatic heterocycles. The van der Waals surface area contributed by atoms with Gasteiger partial charge < -0.3 is 14.8 Å². The molecular formula is C14H16N2O4S. The number of carboxylic acids is 1. The molecule has 2 heterocycles. The van der Waals surface area contributed by atoms with Gasteiger partial charge in [0.1, 0.15) is 6.26 Å². The Balaban J connectivity index is 1.98. The van der Waals surface area contributed by atoms with Crippen molar-refractivity contribution in [2.75, 3.05) is 0 Å². The fraction of sp³-hybridized carbons (Fsp3) is 0.357. The zero-order chi connectivity index (χ0) is 15.6. The summed E-state index contributed by atoms with van der Waals surface area (Å²) in [4.78, 5) is 28.1. The molecule has 0 fully saturated rings. The molecule has 2 rings (SSSR count). The van der Waals surface area contributed by atoms with Gasteiger partial charge in [0, 0.05) is 4.88 Å². The maximum absolute atomic E-state index is 12.0. The summed E-state index contributed by atoms with van der Waals surface area (Å²) in [5, 5.41) is 11.4. The Morgan fingerprint density at radius 1 is 1.38 bits per heavy atom. The number of nitrogens with one attached hydrogen (secondary N) is 1. The molecule has 0 saturated heterocycles. The number of carbonyl (C=O) groups is 2. The lowest BCUT2D eigenvalue weighted by molar-refractivity contribution is 0.0690. The second-order valence-electron chi connectivity index (χ2n) is 5.53. The first kappa shape index (κ1) is 15.2. The van der Waals surface area contributed by atoms with E-state index in [1.807, 2.05) is 6.07 Å². The van der Waals surface area contributed by atoms with Gasteiger partial charge in [-0.1, -0.05) is 20.8 Å². The number of nitrogens with zero attached hydrogens (tertiary/aromatic N) is 1. The molecule has 0 radical (unpaired) electrons. The molecule has 0 unspecified atom stereocenters. The average molecular weight is 308 g/mol. The standard InChI is InChI=1S/C14H16N2O4S/c1-14(2,3)10-5-4-9(21-10)12(17)15-6-11-16-8(7-20-11)13(18)19/h4-5,7H,6H2,1-3H3,(H,15,17)(H,18,19). The summed E-state index contributed by atoms with van der Waals surface area (Å²) in [6.07, 6.45) is 1.05. The fourth-order valence-electron chi connectivity index (χ4n) is 1.60. The van der Waals surface area contributed by atoms with Crippen molar-refractivity contribution in [2.45, 2.75) is 32.7 Å². The Morgan fingerprint density at radius 2 is 2.10 bits per heavy atom. The Morgan fingerprint density at radius 3 is 2.62 bits per heavy atom. The van der Waals surface area contributed by atoms with Crippen LogP contribution in [0.25, 0.3) is 0 Å². The Labute approximate surface area is 125 Å². The highest BCUT2D eigenvalue weighted by atomic mass is 32.1. The number of rotatable bonds is 4. The van der Waals surface area contributed by atoms with E-state index in [0.29, 0.717) is 4.88 Å². The molecule has 112 valence electrons. The fourth-order valence-corrected chi connectivity index (χ4v) is 2.58. The number of aromatic nitrogens is 1. The third kappa shape index (κ3) is 3.69. The van der Waals surface area contributed by atoms with Crippen LogP contribution in [0, 0.1) is 0 Å². The number of thiophene rings is 1. The molecule has 2 N–H and O–H groups in total. The number of aromatic carboxylic acids is 1. The van der Waals surface area contributed by atoms with Crippen LogP contribution in [-0.2, 0) is 12.0 Å². The van der Waals surface area contributed by atoms with Crippen LogP contribution >= 0.6 is 11.3 Å². The van der Waals surface area contributed by atoms with E-state index in [0.717, 1.165) is 11.1 Å². The van der Waals surface area contributed by atoms with Crippen molar-refractivity contribution >= 4 is 23.2 Å². The Kier molecular flexibility index (Phi) is 4.13. The van der Waals surface area contributed by atoms with Crippen molar-refractivity contribution in [3.63, 3.8) is 0 Å². The molecule has 2 aromatic heterocycles. The normalized spacial score (nSPS) is 11.4. The number of hydrogen-bond donors (Lipinski definition) is 2. The first-order valence-corrected chi connectivity index (χ1v) is 7.15. The van der Waals surface area contributed by atoms with E-state index >= 15 is 0 Å². The van der Waals surface area contributed by atoms with Gasteiger partial charge in [-0.3, -0.25) is 4.79 Å². The molecule has 0 aromatic carbocycles. The third-order valence-corrected chi connectivity index (χ3v) is 4.25. The molecule has 0 spiro atoms. The monoisotopic (exact) mass is 308 g/mol. The van der Waals surface area contributed by atoms with Gasteiger partial charge in [0.2, 0.25) is 5.89 Å². The van der Waals surface area contributed by atoms with Crippen LogP contribution in [0.5, 0.6) is 0 Å². The van der Waals surface area contributed by atoms with Gasteiger partial charge in [-0.15, -0.1) is 11.3 Å². The molecule has 6 nitrogen and oxygen atoms in total. The van der Waals surface area contributed by atoms with E-state index < -0.39 is 5.97 Å². The van der Waals surface area contributed by atoms with Crippen molar-refractivity contribution in [3.05, 3.63) is 39.7 Å². The Hall–Kier alpha value is -2.15. The molecule has 21 heavy (non-hydrogen) atoms. The largest absolute Gasteiger partial charge is 0.476 e. The second kappa shape index (κ2) is 5.69. The summed E-state index contributed by atoms with van der Waals surface area (Å²) in [7, 11) is 0. The van der Waals surface area contributed by atoms with Crippen molar-refractivity contribution in [3.8, 4) is 0 Å². The van der Waals surface area contributed by atoms with Crippen LogP contribution in [0.1, 0.15) is 51.7 Å². The number of carboxylic acid groups (broad SMARTS) is 1. The predicted octanol–water partition coefficient (Wildman–Crippen LogP) is 2.66. The molecule has 7 heteroatoms. The van der Waals surface area contributed by atoms with Crippen molar-refractivity contribution in [2.24, 2.45) is 0 Å². The summed E-state index contributed by atoms with van der Waals surface area (Å²) in [6, 6.07) is 3.71. The maximum Gasteiger partial charge on any atom is 0.357 e. The average Bonchev–Trinajstić information content (AvgIpc) is 3.04. The van der Waals surface area contributed by atoms with Crippen LogP contribution in [0.15, 0.2) is 22.8 Å². The molecule has 1 amide bonds. The zero-order valence-corrected chi connectivity index (χ0v) is 12.8. The summed E-state index contributed by atoms with van der Waals surface area (Å²) in [5.41, 5.74) is -0.173. The molecule has 0 bridgehead atoms. The lowest BCUT2D eigenvalue weighted by atomic mass is 9.95. The van der Waals surface area contributed by atoms with E-state index in [1.165, 1.54) is 11.3 Å². The van der Waals surface area contributed by atoms with Gasteiger partial charge in [0.25, 0.3) is 5.91 Å². The van der Waals surface area contributed by atoms with Gasteiger partial charge in [0.05, 0.1) is 11.4 Å². The topological polar surface area (TPSA) is 92.4 Å². The number of carbonyl (C=O) groups excluding carboxylic acids is 1. The lowest BCUT2D eigenvalue weighted by Gasteiger charge is -2.15. The van der Waals surface area contributed by atoms with Crippen LogP contribution in [-0.4, -0.2) is 22.0 Å². The smallest absolute Gasteiger partial charge is 0.357 e. The lowest BCUT2D eigenvalue weighted by Crippen LogP contribution is -2.22. The number of oxazole rings is 1. The first-order valence-electron chi connectivity index (χ1n) is 6.33. The molecule has 2 aromatic rings. The molecule has 0 aliphatic rings. The van der Waals surface area contributed by atoms with Crippen LogP contribution < -0.4 is 5.32 Å². The van der Waals surface area contributed by atoms with Gasteiger partial charge in [-0.25, -0.2) is 9.78 Å². The van der Waals surface area contributed by atoms with Crippen molar-refractivity contribution < 1.29 is 19.1 Å². The quantitative estimate of drug-likeness (QED) is 0.906. The van der Waals surface area contributed by atoms with Crippen LogP contribution in [0.4, 0.5) is 0 Å². The number of hydrogen-bond acceptors (Lipinski definition) is 5. The highest BCUT2D eigenvalue weighted by Gasteiger charge is 2.19. The highest BCUT2D eigenvalue weighted by Crippen LogP contribution is 2.29. The van der Waals surface area contributed by atoms with Gasteiger partial charge in [-0.05, 0) is 17.5 Å². The second-order valence-corrected chi connectivity index (χ2v) is 6.61. The minimum absolute atomic E-state index is 0.00214. The minimum atomic E-state index is -1.16. The molecule has 0 aliphatic carbocycles. The van der Waals surface area contributed by atoms with Crippen molar-refractivity contribution in [1.82, 2.24) is 10.3 Å². The summed E-state index contributed by atoms with van der Waals surface area (Å²) < 4.78 is 4.97. The Bertz CT molecular complexity index is 667. The van der Waals surface area contributed by atoms with E-state index in [9.17, 15) is 9.59 Å². The van der Waals surface area contributed by atoms with E-state index in [-0.39, 0.29) is 29.5 Å². The first-order chi connectivity index (χ1) is 9.77. The van der Waals surface area contributed by atoms with Crippen molar-refractivity contribution in [1.29, 1.82) is 0 Å². The van der Waals surface area contributed by atoms with Gasteiger partial charge in [-0.2, -0.15) is 0 Å².